The molecule has 1 aromatic carbocycles. The second kappa shape index (κ2) is 8.22. The molecule has 0 fully saturated rings. The SMILES string of the molecule is CCNC(C)(C#N)CCCCOc1ccccc1[N+](=O)[O-]. The van der Waals surface area contributed by atoms with Crippen LogP contribution in [0.4, 0.5) is 5.69 Å². The second-order valence-electron chi connectivity index (χ2n) is 5.00. The number of ether oxygens (including phenoxy) is 1. The van der Waals surface area contributed by atoms with Crippen LogP contribution in [0.15, 0.2) is 24.3 Å². The molecule has 0 aliphatic heterocycles. The van der Waals surface area contributed by atoms with Crippen LogP contribution in [-0.2, 0) is 0 Å². The highest BCUT2D eigenvalue weighted by Crippen LogP contribution is 2.26. The van der Waals surface area contributed by atoms with Crippen molar-refractivity contribution in [1.29, 1.82) is 5.26 Å². The third-order valence-electron chi connectivity index (χ3n) is 3.20. The Morgan fingerprint density at radius 1 is 1.43 bits per heavy atom. The summed E-state index contributed by atoms with van der Waals surface area (Å²) in [5.41, 5.74) is -0.542. The number of para-hydroxylation sites is 2. The number of rotatable bonds is 9. The topological polar surface area (TPSA) is 88.2 Å². The summed E-state index contributed by atoms with van der Waals surface area (Å²) in [5, 5.41) is 23.1. The van der Waals surface area contributed by atoms with Crippen molar-refractivity contribution < 1.29 is 9.66 Å². The Morgan fingerprint density at radius 3 is 2.76 bits per heavy atom. The summed E-state index contributed by atoms with van der Waals surface area (Å²) < 4.78 is 5.46. The Labute approximate surface area is 124 Å². The number of nitrogens with zero attached hydrogens (tertiary/aromatic N) is 2. The summed E-state index contributed by atoms with van der Waals surface area (Å²) in [6, 6.07) is 8.61. The molecule has 0 spiro atoms. The first-order valence-electron chi connectivity index (χ1n) is 7.05. The molecule has 21 heavy (non-hydrogen) atoms. The zero-order valence-corrected chi connectivity index (χ0v) is 12.5. The van der Waals surface area contributed by atoms with E-state index in [0.717, 1.165) is 25.8 Å². The monoisotopic (exact) mass is 291 g/mol. The highest BCUT2D eigenvalue weighted by Gasteiger charge is 2.21. The summed E-state index contributed by atoms with van der Waals surface area (Å²) in [6.45, 7) is 4.99. The van der Waals surface area contributed by atoms with Crippen LogP contribution in [0.2, 0.25) is 0 Å². The lowest BCUT2D eigenvalue weighted by molar-refractivity contribution is -0.385. The maximum Gasteiger partial charge on any atom is 0.310 e. The minimum Gasteiger partial charge on any atom is -0.487 e. The smallest absolute Gasteiger partial charge is 0.310 e. The molecular weight excluding hydrogens is 270 g/mol. The Balaban J connectivity index is 2.39. The van der Waals surface area contributed by atoms with Crippen LogP contribution in [0.3, 0.4) is 0 Å². The minimum absolute atomic E-state index is 0.0213. The van der Waals surface area contributed by atoms with Crippen molar-refractivity contribution in [3.05, 3.63) is 34.4 Å². The third kappa shape index (κ3) is 5.40. The van der Waals surface area contributed by atoms with E-state index >= 15 is 0 Å². The largest absolute Gasteiger partial charge is 0.487 e. The lowest BCUT2D eigenvalue weighted by Gasteiger charge is -2.22. The van der Waals surface area contributed by atoms with Gasteiger partial charge in [0.1, 0.15) is 5.54 Å². The number of unbranched alkanes of at least 4 members (excludes halogenated alkanes) is 1. The van der Waals surface area contributed by atoms with Gasteiger partial charge in [-0.3, -0.25) is 15.4 Å². The summed E-state index contributed by atoms with van der Waals surface area (Å²) in [7, 11) is 0. The van der Waals surface area contributed by atoms with Gasteiger partial charge in [-0.25, -0.2) is 0 Å². The fourth-order valence-electron chi connectivity index (χ4n) is 2.07. The van der Waals surface area contributed by atoms with Gasteiger partial charge in [0.2, 0.25) is 0 Å². The van der Waals surface area contributed by atoms with Crippen LogP contribution in [0.25, 0.3) is 0 Å². The fraction of sp³-hybridized carbons (Fsp3) is 0.533. The van der Waals surface area contributed by atoms with Crippen LogP contribution in [-0.4, -0.2) is 23.6 Å². The molecular formula is C15H21N3O3. The third-order valence-corrected chi connectivity index (χ3v) is 3.20. The minimum atomic E-state index is -0.520. The molecule has 1 aromatic rings. The van der Waals surface area contributed by atoms with Gasteiger partial charge in [0.05, 0.1) is 17.6 Å². The van der Waals surface area contributed by atoms with E-state index < -0.39 is 10.5 Å². The van der Waals surface area contributed by atoms with Crippen molar-refractivity contribution >= 4 is 5.69 Å². The first-order chi connectivity index (χ1) is 10.0. The van der Waals surface area contributed by atoms with Crippen molar-refractivity contribution in [1.82, 2.24) is 5.32 Å². The Morgan fingerprint density at radius 2 is 2.14 bits per heavy atom. The molecule has 1 rings (SSSR count). The van der Waals surface area contributed by atoms with Crippen LogP contribution >= 0.6 is 0 Å². The van der Waals surface area contributed by atoms with E-state index in [1.807, 2.05) is 13.8 Å². The van der Waals surface area contributed by atoms with E-state index in [-0.39, 0.29) is 11.4 Å². The van der Waals surface area contributed by atoms with Gasteiger partial charge in [0, 0.05) is 6.07 Å². The Kier molecular flexibility index (Phi) is 6.63. The Bertz CT molecular complexity index is 513. The van der Waals surface area contributed by atoms with Gasteiger partial charge in [-0.1, -0.05) is 19.1 Å². The number of nitriles is 1. The fourth-order valence-corrected chi connectivity index (χ4v) is 2.07. The van der Waals surface area contributed by atoms with Crippen LogP contribution in [0.1, 0.15) is 33.1 Å². The van der Waals surface area contributed by atoms with Gasteiger partial charge < -0.3 is 4.74 Å². The van der Waals surface area contributed by atoms with Gasteiger partial charge in [-0.15, -0.1) is 0 Å². The van der Waals surface area contributed by atoms with Gasteiger partial charge in [0.25, 0.3) is 0 Å². The van der Waals surface area contributed by atoms with Gasteiger partial charge in [0.15, 0.2) is 5.75 Å². The van der Waals surface area contributed by atoms with Gasteiger partial charge in [-0.05, 0) is 38.8 Å². The molecule has 0 bridgehead atoms. The summed E-state index contributed by atoms with van der Waals surface area (Å²) in [6.07, 6.45) is 2.28. The molecule has 0 amide bonds. The molecule has 0 aliphatic rings. The van der Waals surface area contributed by atoms with Crippen LogP contribution in [0.5, 0.6) is 5.75 Å². The van der Waals surface area contributed by atoms with Crippen LogP contribution < -0.4 is 10.1 Å². The molecule has 6 heteroatoms. The summed E-state index contributed by atoms with van der Waals surface area (Å²) in [4.78, 5) is 10.4. The second-order valence-corrected chi connectivity index (χ2v) is 5.00. The van der Waals surface area contributed by atoms with E-state index in [1.165, 1.54) is 6.07 Å². The van der Waals surface area contributed by atoms with Crippen molar-refractivity contribution in [2.45, 2.75) is 38.6 Å². The van der Waals surface area contributed by atoms with E-state index in [2.05, 4.69) is 11.4 Å². The summed E-state index contributed by atoms with van der Waals surface area (Å²) >= 11 is 0. The Hall–Kier alpha value is -2.13. The average Bonchev–Trinajstić information content (AvgIpc) is 2.47. The number of hydrogen-bond donors (Lipinski definition) is 1. The first-order valence-corrected chi connectivity index (χ1v) is 7.05. The normalized spacial score (nSPS) is 13.2. The molecule has 0 saturated heterocycles. The number of nitro groups is 1. The van der Waals surface area contributed by atoms with Crippen molar-refractivity contribution in [2.75, 3.05) is 13.2 Å². The van der Waals surface area contributed by atoms with E-state index in [4.69, 9.17) is 10.00 Å². The highest BCUT2D eigenvalue weighted by molar-refractivity contribution is 5.45. The lowest BCUT2D eigenvalue weighted by atomic mass is 9.97. The molecule has 0 radical (unpaired) electrons. The lowest BCUT2D eigenvalue weighted by Crippen LogP contribution is -2.40. The number of nitro benzene ring substituents is 1. The molecule has 114 valence electrons. The van der Waals surface area contributed by atoms with Crippen molar-refractivity contribution in [2.24, 2.45) is 0 Å². The van der Waals surface area contributed by atoms with E-state index in [1.54, 1.807) is 18.2 Å². The quantitative estimate of drug-likeness (QED) is 0.429. The predicted molar refractivity (Wildman–Crippen MR) is 80.1 cm³/mol. The maximum atomic E-state index is 10.8. The molecule has 0 heterocycles. The van der Waals surface area contributed by atoms with Crippen molar-refractivity contribution in [3.63, 3.8) is 0 Å². The molecule has 1 N–H and O–H groups in total. The van der Waals surface area contributed by atoms with Gasteiger partial charge in [-0.2, -0.15) is 5.26 Å². The molecule has 1 unspecified atom stereocenters. The standard InChI is InChI=1S/C15H21N3O3/c1-3-17-15(2,12-16)10-6-7-11-21-14-9-5-4-8-13(14)18(19)20/h4-5,8-9,17H,3,6-7,10-11H2,1-2H3. The maximum absolute atomic E-state index is 10.8. The summed E-state index contributed by atoms with van der Waals surface area (Å²) in [5.74, 6) is 0.289. The van der Waals surface area contributed by atoms with Crippen LogP contribution in [0, 0.1) is 21.4 Å². The average molecular weight is 291 g/mol. The van der Waals surface area contributed by atoms with Crippen molar-refractivity contribution in [3.8, 4) is 11.8 Å². The first kappa shape index (κ1) is 16.9. The molecule has 0 saturated carbocycles. The van der Waals surface area contributed by atoms with E-state index in [9.17, 15) is 10.1 Å². The molecule has 6 nitrogen and oxygen atoms in total. The zero-order chi connectivity index (χ0) is 15.7. The number of benzene rings is 1. The molecule has 0 aromatic heterocycles. The highest BCUT2D eigenvalue weighted by atomic mass is 16.6. The predicted octanol–water partition coefficient (Wildman–Crippen LogP) is 3.04. The molecule has 0 aliphatic carbocycles. The molecule has 1 atom stereocenters. The van der Waals surface area contributed by atoms with Gasteiger partial charge >= 0.3 is 5.69 Å². The van der Waals surface area contributed by atoms with E-state index in [0.29, 0.717) is 6.61 Å². The number of hydrogen-bond acceptors (Lipinski definition) is 5. The number of nitrogens with one attached hydrogen (secondary N) is 1. The zero-order valence-electron chi connectivity index (χ0n) is 12.5.